The van der Waals surface area contributed by atoms with Crippen LogP contribution in [0.15, 0.2) is 88.2 Å². The zero-order valence-electron chi connectivity index (χ0n) is 19.9. The van der Waals surface area contributed by atoms with E-state index in [1.165, 1.54) is 29.4 Å². The van der Waals surface area contributed by atoms with Gasteiger partial charge in [-0.2, -0.15) is 0 Å². The van der Waals surface area contributed by atoms with E-state index < -0.39 is 0 Å². The van der Waals surface area contributed by atoms with Gasteiger partial charge in [-0.05, 0) is 80.0 Å². The number of phenols is 1. The Labute approximate surface area is 191 Å². The van der Waals surface area contributed by atoms with Gasteiger partial charge in [0.25, 0.3) is 0 Å². The van der Waals surface area contributed by atoms with Crippen LogP contribution in [0.3, 0.4) is 0 Å². The number of benzene rings is 1. The van der Waals surface area contributed by atoms with Crippen molar-refractivity contribution in [3.63, 3.8) is 0 Å². The highest BCUT2D eigenvalue weighted by atomic mass is 16.6. The number of hydrogen-bond acceptors (Lipinski definition) is 4. The lowest BCUT2D eigenvalue weighted by atomic mass is 9.72. The smallest absolute Gasteiger partial charge is 0.248 e. The number of anilines is 1. The predicted octanol–water partition coefficient (Wildman–Crippen LogP) is 6.47. The zero-order chi connectivity index (χ0) is 23.7. The van der Waals surface area contributed by atoms with Gasteiger partial charge < -0.3 is 15.3 Å². The summed E-state index contributed by atoms with van der Waals surface area (Å²) in [5.41, 5.74) is 6.14. The number of nitrogens with zero attached hydrogens (tertiary/aromatic N) is 1. The molecule has 1 aromatic rings. The van der Waals surface area contributed by atoms with Gasteiger partial charge in [0.15, 0.2) is 0 Å². The van der Waals surface area contributed by atoms with E-state index in [1.54, 1.807) is 19.2 Å². The summed E-state index contributed by atoms with van der Waals surface area (Å²) in [6, 6.07) is 6.37. The summed E-state index contributed by atoms with van der Waals surface area (Å²) in [4.78, 5) is 17.1. The van der Waals surface area contributed by atoms with Crippen LogP contribution in [0.25, 0.3) is 0 Å². The molecule has 0 spiro atoms. The fourth-order valence-corrected chi connectivity index (χ4v) is 3.59. The van der Waals surface area contributed by atoms with E-state index in [-0.39, 0.29) is 17.1 Å². The number of allylic oxidation sites excluding steroid dienone is 9. The Morgan fingerprint density at radius 3 is 2.50 bits per heavy atom. The molecule has 0 unspecified atom stereocenters. The lowest BCUT2D eigenvalue weighted by Crippen LogP contribution is -2.24. The minimum absolute atomic E-state index is 0.0909. The summed E-state index contributed by atoms with van der Waals surface area (Å²) >= 11 is 0. The third-order valence-corrected chi connectivity index (χ3v) is 5.48. The Bertz CT molecular complexity index is 1000. The summed E-state index contributed by atoms with van der Waals surface area (Å²) in [7, 11) is 1.59. The number of carbonyl (C=O) groups excluding carboxylic acids is 1. The standard InChI is InChI=1S/C27H34N2O3/c1-19(10-15-24-21(3)25(29-32-6)16-17-27(24,4)5)8-7-9-20(2)18-26(31)28-22-11-13-23(30)14-12-22/h7-15,18,30H,16-17H2,1-6H3,(H,28,31)/b9-7+,15-10+,19-8+,20-18+,29-25+. The van der Waals surface area contributed by atoms with E-state index in [9.17, 15) is 9.90 Å². The number of carbonyl (C=O) groups is 1. The maximum atomic E-state index is 12.1. The molecule has 0 heterocycles. The molecule has 170 valence electrons. The molecule has 0 aromatic heterocycles. The Morgan fingerprint density at radius 1 is 1.16 bits per heavy atom. The first-order valence-electron chi connectivity index (χ1n) is 10.8. The lowest BCUT2D eigenvalue weighted by molar-refractivity contribution is -0.111. The molecule has 1 amide bonds. The second-order valence-corrected chi connectivity index (χ2v) is 8.67. The molecule has 0 radical (unpaired) electrons. The van der Waals surface area contributed by atoms with Crippen molar-refractivity contribution in [2.75, 3.05) is 12.4 Å². The normalized spacial score (nSPS) is 18.6. The quantitative estimate of drug-likeness (QED) is 0.223. The Morgan fingerprint density at radius 2 is 1.84 bits per heavy atom. The lowest BCUT2D eigenvalue weighted by Gasteiger charge is -2.33. The summed E-state index contributed by atoms with van der Waals surface area (Å²) in [5, 5.41) is 16.3. The first kappa shape index (κ1) is 24.9. The largest absolute Gasteiger partial charge is 0.508 e. The molecule has 2 rings (SSSR count). The number of nitrogens with one attached hydrogen (secondary N) is 1. The average Bonchev–Trinajstić information content (AvgIpc) is 2.71. The molecule has 2 N–H and O–H groups in total. The van der Waals surface area contributed by atoms with Gasteiger partial charge in [-0.1, -0.05) is 55.0 Å². The molecule has 0 aliphatic heterocycles. The van der Waals surface area contributed by atoms with Crippen molar-refractivity contribution < 1.29 is 14.7 Å². The van der Waals surface area contributed by atoms with Gasteiger partial charge in [-0.15, -0.1) is 0 Å². The van der Waals surface area contributed by atoms with E-state index in [0.717, 1.165) is 29.7 Å². The minimum Gasteiger partial charge on any atom is -0.508 e. The molecule has 1 aromatic carbocycles. The van der Waals surface area contributed by atoms with Crippen molar-refractivity contribution in [2.24, 2.45) is 10.6 Å². The van der Waals surface area contributed by atoms with E-state index in [0.29, 0.717) is 5.69 Å². The summed E-state index contributed by atoms with van der Waals surface area (Å²) in [6.07, 6.45) is 13.6. The number of hydrogen-bond donors (Lipinski definition) is 2. The van der Waals surface area contributed by atoms with Crippen LogP contribution in [0.2, 0.25) is 0 Å². The monoisotopic (exact) mass is 434 g/mol. The van der Waals surface area contributed by atoms with Gasteiger partial charge in [-0.3, -0.25) is 4.79 Å². The van der Waals surface area contributed by atoms with Crippen LogP contribution in [0.4, 0.5) is 5.69 Å². The maximum absolute atomic E-state index is 12.1. The Balaban J connectivity index is 2.04. The molecule has 5 heteroatoms. The van der Waals surface area contributed by atoms with Crippen molar-refractivity contribution >= 4 is 17.3 Å². The van der Waals surface area contributed by atoms with Crippen molar-refractivity contribution in [3.05, 3.63) is 83.0 Å². The molecule has 1 aliphatic rings. The molecule has 0 bridgehead atoms. The van der Waals surface area contributed by atoms with E-state index >= 15 is 0 Å². The molecule has 0 atom stereocenters. The second-order valence-electron chi connectivity index (χ2n) is 8.67. The van der Waals surface area contributed by atoms with Crippen LogP contribution in [-0.2, 0) is 9.63 Å². The predicted molar refractivity (Wildman–Crippen MR) is 133 cm³/mol. The zero-order valence-corrected chi connectivity index (χ0v) is 19.9. The fourth-order valence-electron chi connectivity index (χ4n) is 3.59. The SMILES string of the molecule is CO/N=C1\CCC(C)(C)C(/C=C/C(C)=C/C=C/C(C)=C/C(=O)Nc2ccc(O)cc2)=C1C. The molecule has 0 saturated heterocycles. The van der Waals surface area contributed by atoms with Crippen molar-refractivity contribution in [3.8, 4) is 5.75 Å². The van der Waals surface area contributed by atoms with Crippen LogP contribution >= 0.6 is 0 Å². The summed E-state index contributed by atoms with van der Waals surface area (Å²) in [5.74, 6) is -0.0511. The maximum Gasteiger partial charge on any atom is 0.248 e. The summed E-state index contributed by atoms with van der Waals surface area (Å²) < 4.78 is 0. The topological polar surface area (TPSA) is 70.9 Å². The van der Waals surface area contributed by atoms with Gasteiger partial charge in [-0.25, -0.2) is 0 Å². The molecular formula is C27H34N2O3. The van der Waals surface area contributed by atoms with Crippen LogP contribution < -0.4 is 5.32 Å². The third-order valence-electron chi connectivity index (χ3n) is 5.48. The highest BCUT2D eigenvalue weighted by Crippen LogP contribution is 2.40. The van der Waals surface area contributed by atoms with E-state index in [4.69, 9.17) is 4.84 Å². The van der Waals surface area contributed by atoms with Crippen molar-refractivity contribution in [2.45, 2.75) is 47.5 Å². The molecule has 1 aliphatic carbocycles. The number of amides is 1. The Hall–Kier alpha value is -3.34. The van der Waals surface area contributed by atoms with Gasteiger partial charge in [0.1, 0.15) is 12.9 Å². The van der Waals surface area contributed by atoms with E-state index in [1.807, 2.05) is 32.1 Å². The van der Waals surface area contributed by atoms with Gasteiger partial charge >= 0.3 is 0 Å². The Kier molecular flexibility index (Phi) is 8.82. The molecule has 5 nitrogen and oxygen atoms in total. The number of phenolic OH excluding ortho intramolecular Hbond substituents is 1. The molecule has 32 heavy (non-hydrogen) atoms. The van der Waals surface area contributed by atoms with Crippen molar-refractivity contribution in [1.29, 1.82) is 0 Å². The van der Waals surface area contributed by atoms with Crippen LogP contribution in [0.1, 0.15) is 47.5 Å². The highest BCUT2D eigenvalue weighted by molar-refractivity contribution is 6.01. The van der Waals surface area contributed by atoms with Crippen molar-refractivity contribution in [1.82, 2.24) is 0 Å². The summed E-state index contributed by atoms with van der Waals surface area (Å²) in [6.45, 7) is 10.6. The van der Waals surface area contributed by atoms with Gasteiger partial charge in [0.05, 0.1) is 5.71 Å². The average molecular weight is 435 g/mol. The minimum atomic E-state index is -0.214. The third kappa shape index (κ3) is 7.41. The van der Waals surface area contributed by atoms with Crippen LogP contribution in [-0.4, -0.2) is 23.8 Å². The second kappa shape index (κ2) is 11.3. The number of rotatable bonds is 7. The number of oxime groups is 1. The van der Waals surface area contributed by atoms with Gasteiger partial charge in [0, 0.05) is 11.8 Å². The number of aromatic hydroxyl groups is 1. The molecule has 0 fully saturated rings. The first-order valence-corrected chi connectivity index (χ1v) is 10.8. The molecule has 0 saturated carbocycles. The first-order chi connectivity index (χ1) is 15.1. The molecular weight excluding hydrogens is 400 g/mol. The van der Waals surface area contributed by atoms with Gasteiger partial charge in [0.2, 0.25) is 5.91 Å². The van der Waals surface area contributed by atoms with E-state index in [2.05, 4.69) is 43.4 Å². The highest BCUT2D eigenvalue weighted by Gasteiger charge is 2.30. The van der Waals surface area contributed by atoms with Crippen LogP contribution in [0, 0.1) is 5.41 Å². The van der Waals surface area contributed by atoms with Crippen LogP contribution in [0.5, 0.6) is 5.75 Å². The fraction of sp³-hybridized carbons (Fsp3) is 0.333.